The van der Waals surface area contributed by atoms with Crippen LogP contribution >= 0.6 is 12.6 Å². The molecule has 0 bridgehead atoms. The van der Waals surface area contributed by atoms with E-state index in [2.05, 4.69) is 17.9 Å². The number of hydrogen-bond acceptors (Lipinski definition) is 3. The smallest absolute Gasteiger partial charge is 0.229 e. The highest BCUT2D eigenvalue weighted by atomic mass is 32.1. The predicted molar refractivity (Wildman–Crippen MR) is 40.5 cm³/mol. The minimum atomic E-state index is -0.0729. The first-order valence-electron chi connectivity index (χ1n) is 2.81. The molecule has 0 fully saturated rings. The summed E-state index contributed by atoms with van der Waals surface area (Å²) in [6.07, 6.45) is 0. The summed E-state index contributed by atoms with van der Waals surface area (Å²) in [6.45, 7) is 2.32. The van der Waals surface area contributed by atoms with Crippen LogP contribution in [-0.4, -0.2) is 24.2 Å². The first-order chi connectivity index (χ1) is 4.20. The number of carbonyl (C=O) groups excluding carboxylic acids is 1. The molecule has 1 unspecified atom stereocenters. The summed E-state index contributed by atoms with van der Waals surface area (Å²) in [5, 5.41) is 2.64. The highest BCUT2D eigenvalue weighted by Gasteiger charge is 2.00. The van der Waals surface area contributed by atoms with Crippen molar-refractivity contribution in [2.45, 2.75) is 13.0 Å². The Labute approximate surface area is 60.4 Å². The Balaban J connectivity index is 3.34. The summed E-state index contributed by atoms with van der Waals surface area (Å²) in [4.78, 5) is 10.5. The second-order valence-corrected chi connectivity index (χ2v) is 2.18. The SMILES string of the molecule is CC(CN)NC(=O)CS. The Bertz CT molecular complexity index is 97.0. The zero-order valence-electron chi connectivity index (χ0n) is 5.42. The lowest BCUT2D eigenvalue weighted by molar-refractivity contribution is -0.119. The lowest BCUT2D eigenvalue weighted by atomic mass is 10.3. The molecule has 0 aliphatic heterocycles. The van der Waals surface area contributed by atoms with Gasteiger partial charge in [-0.3, -0.25) is 4.79 Å². The maximum atomic E-state index is 10.5. The number of thiol groups is 1. The van der Waals surface area contributed by atoms with E-state index in [-0.39, 0.29) is 17.7 Å². The van der Waals surface area contributed by atoms with Crippen LogP contribution in [-0.2, 0) is 4.79 Å². The van der Waals surface area contributed by atoms with Gasteiger partial charge in [0.15, 0.2) is 0 Å². The number of amides is 1. The van der Waals surface area contributed by atoms with E-state index >= 15 is 0 Å². The maximum Gasteiger partial charge on any atom is 0.229 e. The first kappa shape index (κ1) is 8.78. The van der Waals surface area contributed by atoms with Crippen LogP contribution in [0.5, 0.6) is 0 Å². The molecule has 0 heterocycles. The summed E-state index contributed by atoms with van der Waals surface area (Å²) in [5.74, 6) is 0.154. The minimum absolute atomic E-state index is 0.0599. The van der Waals surface area contributed by atoms with Gasteiger partial charge in [0.05, 0.1) is 5.75 Å². The summed E-state index contributed by atoms with van der Waals surface area (Å²) in [6, 6.07) is 0.0599. The standard InChI is InChI=1S/C5H12N2OS/c1-4(2-6)7-5(8)3-9/h4,9H,2-3,6H2,1H3,(H,7,8). The molecule has 0 aliphatic carbocycles. The third kappa shape index (κ3) is 4.29. The molecule has 0 radical (unpaired) electrons. The Hall–Kier alpha value is -0.220. The van der Waals surface area contributed by atoms with E-state index in [4.69, 9.17) is 5.73 Å². The molecule has 0 aliphatic rings. The van der Waals surface area contributed by atoms with E-state index in [1.807, 2.05) is 6.92 Å². The van der Waals surface area contributed by atoms with Crippen LogP contribution < -0.4 is 11.1 Å². The second kappa shape index (κ2) is 4.64. The Morgan fingerprint density at radius 1 is 1.89 bits per heavy atom. The van der Waals surface area contributed by atoms with Crippen molar-refractivity contribution >= 4 is 18.5 Å². The summed E-state index contributed by atoms with van der Waals surface area (Å²) >= 11 is 3.78. The van der Waals surface area contributed by atoms with Crippen molar-refractivity contribution in [1.29, 1.82) is 0 Å². The predicted octanol–water partition coefficient (Wildman–Crippen LogP) is -0.620. The molecule has 4 heteroatoms. The summed E-state index contributed by atoms with van der Waals surface area (Å²) in [5.41, 5.74) is 5.24. The van der Waals surface area contributed by atoms with Gasteiger partial charge in [-0.25, -0.2) is 0 Å². The fraction of sp³-hybridized carbons (Fsp3) is 0.800. The fourth-order valence-corrected chi connectivity index (χ4v) is 0.471. The van der Waals surface area contributed by atoms with Gasteiger partial charge in [0, 0.05) is 12.6 Å². The average Bonchev–Trinajstić information content (AvgIpc) is 1.87. The number of carbonyl (C=O) groups is 1. The van der Waals surface area contributed by atoms with E-state index in [9.17, 15) is 4.79 Å². The number of hydrogen-bond donors (Lipinski definition) is 3. The van der Waals surface area contributed by atoms with Gasteiger partial charge in [-0.1, -0.05) is 0 Å². The van der Waals surface area contributed by atoms with Gasteiger partial charge in [0.25, 0.3) is 0 Å². The molecule has 54 valence electrons. The first-order valence-corrected chi connectivity index (χ1v) is 3.44. The molecule has 3 nitrogen and oxygen atoms in total. The number of nitrogens with one attached hydrogen (secondary N) is 1. The molecule has 9 heavy (non-hydrogen) atoms. The quantitative estimate of drug-likeness (QED) is 0.467. The van der Waals surface area contributed by atoms with Crippen LogP contribution in [0.2, 0.25) is 0 Å². The zero-order valence-corrected chi connectivity index (χ0v) is 6.32. The fourth-order valence-electron chi connectivity index (χ4n) is 0.379. The topological polar surface area (TPSA) is 55.1 Å². The van der Waals surface area contributed by atoms with Crippen LogP contribution in [0, 0.1) is 0 Å². The van der Waals surface area contributed by atoms with E-state index < -0.39 is 0 Å². The van der Waals surface area contributed by atoms with Crippen molar-refractivity contribution in [3.63, 3.8) is 0 Å². The number of rotatable bonds is 3. The van der Waals surface area contributed by atoms with Crippen molar-refractivity contribution in [2.75, 3.05) is 12.3 Å². The van der Waals surface area contributed by atoms with Gasteiger partial charge in [0.1, 0.15) is 0 Å². The van der Waals surface area contributed by atoms with E-state index in [0.29, 0.717) is 6.54 Å². The van der Waals surface area contributed by atoms with Crippen LogP contribution in [0.4, 0.5) is 0 Å². The highest BCUT2D eigenvalue weighted by Crippen LogP contribution is 1.78. The molecule has 1 amide bonds. The van der Waals surface area contributed by atoms with Gasteiger partial charge in [0.2, 0.25) is 5.91 Å². The minimum Gasteiger partial charge on any atom is -0.352 e. The molecule has 0 aromatic rings. The Morgan fingerprint density at radius 2 is 2.44 bits per heavy atom. The molecule has 0 aromatic heterocycles. The Kier molecular flexibility index (Phi) is 4.53. The van der Waals surface area contributed by atoms with Gasteiger partial charge in [-0.05, 0) is 6.92 Å². The normalized spacial score (nSPS) is 12.8. The molecule has 0 aromatic carbocycles. The molecular weight excluding hydrogens is 136 g/mol. The van der Waals surface area contributed by atoms with E-state index in [1.165, 1.54) is 0 Å². The van der Waals surface area contributed by atoms with Crippen LogP contribution in [0.1, 0.15) is 6.92 Å². The zero-order chi connectivity index (χ0) is 7.28. The summed E-state index contributed by atoms with van der Waals surface area (Å²) in [7, 11) is 0. The van der Waals surface area contributed by atoms with Crippen LogP contribution in [0.3, 0.4) is 0 Å². The van der Waals surface area contributed by atoms with Crippen LogP contribution in [0.15, 0.2) is 0 Å². The maximum absolute atomic E-state index is 10.5. The van der Waals surface area contributed by atoms with Crippen molar-refractivity contribution in [2.24, 2.45) is 5.73 Å². The molecule has 0 saturated carbocycles. The summed E-state index contributed by atoms with van der Waals surface area (Å²) < 4.78 is 0. The van der Waals surface area contributed by atoms with Crippen LogP contribution in [0.25, 0.3) is 0 Å². The van der Waals surface area contributed by atoms with Gasteiger partial charge in [-0.15, -0.1) is 0 Å². The van der Waals surface area contributed by atoms with Gasteiger partial charge < -0.3 is 11.1 Å². The molecule has 0 rings (SSSR count). The molecular formula is C5H12N2OS. The molecule has 1 atom stereocenters. The van der Waals surface area contributed by atoms with Crippen molar-refractivity contribution in [3.05, 3.63) is 0 Å². The Morgan fingerprint density at radius 3 is 2.78 bits per heavy atom. The number of nitrogens with two attached hydrogens (primary N) is 1. The van der Waals surface area contributed by atoms with Crippen molar-refractivity contribution in [1.82, 2.24) is 5.32 Å². The molecule has 3 N–H and O–H groups in total. The monoisotopic (exact) mass is 148 g/mol. The van der Waals surface area contributed by atoms with Gasteiger partial charge in [-0.2, -0.15) is 12.6 Å². The van der Waals surface area contributed by atoms with Gasteiger partial charge >= 0.3 is 0 Å². The molecule has 0 spiro atoms. The lowest BCUT2D eigenvalue weighted by Crippen LogP contribution is -2.38. The lowest BCUT2D eigenvalue weighted by Gasteiger charge is -2.08. The second-order valence-electron chi connectivity index (χ2n) is 1.86. The van der Waals surface area contributed by atoms with E-state index in [1.54, 1.807) is 0 Å². The molecule has 0 saturated heterocycles. The largest absolute Gasteiger partial charge is 0.352 e. The third-order valence-electron chi connectivity index (χ3n) is 0.905. The third-order valence-corrected chi connectivity index (χ3v) is 1.19. The van der Waals surface area contributed by atoms with Crippen molar-refractivity contribution in [3.8, 4) is 0 Å². The average molecular weight is 148 g/mol. The van der Waals surface area contributed by atoms with E-state index in [0.717, 1.165) is 0 Å². The highest BCUT2D eigenvalue weighted by molar-refractivity contribution is 7.81. The van der Waals surface area contributed by atoms with Crippen molar-refractivity contribution < 1.29 is 4.79 Å².